The first kappa shape index (κ1) is 86.6. The van der Waals surface area contributed by atoms with E-state index < -0.39 is 36.2 Å². The van der Waals surface area contributed by atoms with Gasteiger partial charge in [0.25, 0.3) is 0 Å². The van der Waals surface area contributed by atoms with Crippen LogP contribution in [-0.2, 0) is 26.6 Å². The predicted molar refractivity (Wildman–Crippen MR) is 438 cm³/mol. The van der Waals surface area contributed by atoms with Crippen molar-refractivity contribution in [2.24, 2.45) is 34.4 Å². The Kier molecular flexibility index (Phi) is 34.8. The lowest BCUT2D eigenvalue weighted by atomic mass is 10.2. The number of aryl methyl sites for hydroxylation is 4. The van der Waals surface area contributed by atoms with Gasteiger partial charge in [0.15, 0.2) is 0 Å². The van der Waals surface area contributed by atoms with Crippen LogP contribution in [-0.4, -0.2) is 114 Å². The van der Waals surface area contributed by atoms with E-state index in [4.69, 9.17) is 140 Å². The summed E-state index contributed by atoms with van der Waals surface area (Å²) in [5, 5.41) is 0. The van der Waals surface area contributed by atoms with E-state index in [2.05, 4.69) is 0 Å². The van der Waals surface area contributed by atoms with Crippen LogP contribution >= 0.6 is 0 Å². The molecular formula is C78H104N12O16Si4. The SMILES string of the molecule is Cc1ccc(O[Si](OCC(C)N)(OCC(C)N)Oc2ccc(N)cc2)cc1.Cc1ccc(O[Si](OCCN)(OCCN)Oc2ccc(N)cc2)cc1.Cc1ccc(O[Si](OCCN)(OCCN)Oc2ccc(N)cc2)cc1.Cc1ccc(O[Si](Oc2ccc(N)cc2)(Oc2ccc(N)cc2)Oc2ccc(N)cc2)cc1. The lowest BCUT2D eigenvalue weighted by molar-refractivity contribution is 0.0348. The second kappa shape index (κ2) is 44.1. The number of nitrogen functional groups attached to an aromatic ring is 6. The van der Waals surface area contributed by atoms with E-state index in [-0.39, 0.29) is 51.7 Å². The number of nitrogens with two attached hydrogens (primary N) is 12. The summed E-state index contributed by atoms with van der Waals surface area (Å²) < 4.78 is 96.7. The van der Waals surface area contributed by atoms with Crippen molar-refractivity contribution in [3.05, 3.63) is 265 Å². The molecule has 10 aromatic rings. The Labute approximate surface area is 648 Å². The minimum Gasteiger partial charge on any atom is -0.471 e. The summed E-state index contributed by atoms with van der Waals surface area (Å²) in [5.74, 6) is 5.31. The predicted octanol–water partition coefficient (Wildman–Crippen LogP) is 9.83. The van der Waals surface area contributed by atoms with Gasteiger partial charge >= 0.3 is 36.2 Å². The summed E-state index contributed by atoms with van der Waals surface area (Å²) in [7, 11) is -14.7. The van der Waals surface area contributed by atoms with Gasteiger partial charge in [0.2, 0.25) is 0 Å². The minimum atomic E-state index is -3.95. The molecule has 2 atom stereocenters. The zero-order valence-corrected chi connectivity index (χ0v) is 66.8. The average molecular weight is 1580 g/mol. The molecule has 10 aromatic carbocycles. The van der Waals surface area contributed by atoms with E-state index in [1.54, 1.807) is 146 Å². The van der Waals surface area contributed by atoms with E-state index in [1.807, 2.05) is 139 Å². The van der Waals surface area contributed by atoms with E-state index in [0.717, 1.165) is 22.3 Å². The summed E-state index contributed by atoms with van der Waals surface area (Å²) in [4.78, 5) is 0. The van der Waals surface area contributed by atoms with Gasteiger partial charge in [0.05, 0.1) is 39.6 Å². The number of anilines is 6. The summed E-state index contributed by atoms with van der Waals surface area (Å²) in [6, 6.07) is 71.3. The average Bonchev–Trinajstić information content (AvgIpc) is 0.818. The van der Waals surface area contributed by atoms with Crippen LogP contribution in [0.15, 0.2) is 243 Å². The van der Waals surface area contributed by atoms with Crippen molar-refractivity contribution in [2.75, 3.05) is 100 Å². The number of benzene rings is 10. The quantitative estimate of drug-likeness (QED) is 0.0126. The van der Waals surface area contributed by atoms with Crippen molar-refractivity contribution in [1.82, 2.24) is 0 Å². The molecule has 0 bridgehead atoms. The molecule has 10 rings (SSSR count). The summed E-state index contributed by atoms with van der Waals surface area (Å²) >= 11 is 0. The second-order valence-electron chi connectivity index (χ2n) is 24.8. The zero-order valence-electron chi connectivity index (χ0n) is 62.8. The monoisotopic (exact) mass is 1580 g/mol. The van der Waals surface area contributed by atoms with Crippen molar-refractivity contribution in [2.45, 2.75) is 53.6 Å². The fourth-order valence-corrected chi connectivity index (χ4v) is 16.9. The van der Waals surface area contributed by atoms with Crippen LogP contribution in [0.3, 0.4) is 0 Å². The molecule has 0 saturated heterocycles. The largest absolute Gasteiger partial charge is 0.966 e. The van der Waals surface area contributed by atoms with Crippen LogP contribution in [0.25, 0.3) is 0 Å². The zero-order chi connectivity index (χ0) is 79.4. The Morgan fingerprint density at radius 2 is 0.355 bits per heavy atom. The highest BCUT2D eigenvalue weighted by Gasteiger charge is 2.59. The Morgan fingerprint density at radius 3 is 0.500 bits per heavy atom. The molecule has 2 unspecified atom stereocenters. The molecule has 0 aliphatic rings. The molecule has 0 saturated carbocycles. The van der Waals surface area contributed by atoms with Crippen molar-refractivity contribution in [3.63, 3.8) is 0 Å². The van der Waals surface area contributed by atoms with Gasteiger partial charge in [0.1, 0.15) is 57.5 Å². The van der Waals surface area contributed by atoms with Gasteiger partial charge in [-0.2, -0.15) is 0 Å². The molecule has 28 nitrogen and oxygen atoms in total. The molecule has 0 spiro atoms. The molecular weight excluding hydrogens is 1470 g/mol. The highest BCUT2D eigenvalue weighted by atomic mass is 28.4. The van der Waals surface area contributed by atoms with Crippen molar-refractivity contribution >= 4 is 70.3 Å². The molecule has 0 heterocycles. The second-order valence-corrected chi connectivity index (χ2v) is 32.6. The number of hydrogen-bond acceptors (Lipinski definition) is 28. The van der Waals surface area contributed by atoms with Crippen LogP contribution in [0.5, 0.6) is 57.5 Å². The normalized spacial score (nSPS) is 12.3. The van der Waals surface area contributed by atoms with Gasteiger partial charge in [0, 0.05) is 72.4 Å². The lowest BCUT2D eigenvalue weighted by Crippen LogP contribution is -2.60. The van der Waals surface area contributed by atoms with Crippen LogP contribution in [0.4, 0.5) is 34.1 Å². The van der Waals surface area contributed by atoms with Gasteiger partial charge in [-0.1, -0.05) is 70.8 Å². The smallest absolute Gasteiger partial charge is 0.471 e. The fraction of sp³-hybridized carbons (Fsp3) is 0.231. The first-order valence-corrected chi connectivity index (χ1v) is 41.8. The summed E-state index contributed by atoms with van der Waals surface area (Å²) in [5.41, 5.74) is 76.9. The van der Waals surface area contributed by atoms with Gasteiger partial charge in [-0.3, -0.25) is 0 Å². The van der Waals surface area contributed by atoms with Crippen LogP contribution in [0, 0.1) is 27.7 Å². The maximum Gasteiger partial charge on any atom is 0.966 e. The van der Waals surface area contributed by atoms with E-state index in [9.17, 15) is 0 Å². The molecule has 110 heavy (non-hydrogen) atoms. The van der Waals surface area contributed by atoms with Crippen molar-refractivity contribution in [1.29, 1.82) is 0 Å². The lowest BCUT2D eigenvalue weighted by Gasteiger charge is -2.29. The molecule has 0 amide bonds. The molecule has 24 N–H and O–H groups in total. The van der Waals surface area contributed by atoms with E-state index in [1.165, 1.54) is 0 Å². The molecule has 588 valence electrons. The van der Waals surface area contributed by atoms with Gasteiger partial charge in [-0.25, -0.2) is 0 Å². The molecule has 0 aliphatic carbocycles. The molecule has 0 aromatic heterocycles. The maximum atomic E-state index is 6.34. The minimum absolute atomic E-state index is 0.214. The van der Waals surface area contributed by atoms with E-state index >= 15 is 0 Å². The Morgan fingerprint density at radius 1 is 0.218 bits per heavy atom. The fourth-order valence-electron chi connectivity index (χ4n) is 8.95. The Bertz CT molecular complexity index is 3740. The molecule has 0 aliphatic heterocycles. The first-order valence-electron chi connectivity index (χ1n) is 35.3. The van der Waals surface area contributed by atoms with Crippen LogP contribution in [0.2, 0.25) is 0 Å². The standard InChI is InChI=1S/C25H25N3O4Si.C19H29N3O4Si.2C17H25N3O4Si/c1-18-2-10-22(11-3-18)29-33(30-23-12-4-19(26)5-13-23,31-24-14-6-20(27)7-15-24)32-25-16-8-21(28)9-17-25;1-14-4-8-18(9-5-14)25-27(23-12-15(2)20,24-13-16(3)21)26-19-10-6-17(22)7-11-19;2*1-14-2-6-16(7-3-14)23-25(21-12-10-18,22-13-11-19)24-17-8-4-15(20)5-9-17/h2-17H,26-28H2,1H3;4-11,15-16H,12-13,20-22H2,1-3H3;2*2-9H,10-13,18-20H2,1H3. The summed E-state index contributed by atoms with van der Waals surface area (Å²) in [6.07, 6.45) is 0. The molecule has 32 heteroatoms. The number of hydrogen-bond donors (Lipinski definition) is 12. The maximum absolute atomic E-state index is 6.34. The highest BCUT2D eigenvalue weighted by Crippen LogP contribution is 2.32. The van der Waals surface area contributed by atoms with Gasteiger partial charge < -0.3 is 140 Å². The summed E-state index contributed by atoms with van der Waals surface area (Å²) in [6.45, 7) is 14.2. The molecule has 0 radical (unpaired) electrons. The van der Waals surface area contributed by atoms with Gasteiger partial charge in [-0.15, -0.1) is 0 Å². The van der Waals surface area contributed by atoms with Crippen LogP contribution in [0.1, 0.15) is 36.1 Å². The third-order valence-electron chi connectivity index (χ3n) is 14.4. The highest BCUT2D eigenvalue weighted by molar-refractivity contribution is 6.57. The molecule has 0 fully saturated rings. The first-order chi connectivity index (χ1) is 52.8. The Balaban J connectivity index is 0.000000205. The Hall–Kier alpha value is -10.6. The van der Waals surface area contributed by atoms with Gasteiger partial charge in [-0.05, 0) is 236 Å². The third-order valence-corrected chi connectivity index (χ3v) is 22.6. The van der Waals surface area contributed by atoms with Crippen molar-refractivity contribution < 1.29 is 70.8 Å². The van der Waals surface area contributed by atoms with Crippen molar-refractivity contribution in [3.8, 4) is 57.5 Å². The third kappa shape index (κ3) is 30.8. The van der Waals surface area contributed by atoms with Crippen LogP contribution < -0.4 is 113 Å². The topological polar surface area (TPSA) is 460 Å². The van der Waals surface area contributed by atoms with E-state index in [0.29, 0.717) is 118 Å². The number of rotatable bonds is 38.